The molecule has 0 aliphatic carbocycles. The van der Waals surface area contributed by atoms with Gasteiger partial charge in [-0.1, -0.05) is 5.16 Å². The number of hydrogen-bond donors (Lipinski definition) is 0. The van der Waals surface area contributed by atoms with Crippen molar-refractivity contribution in [2.24, 2.45) is 0 Å². The van der Waals surface area contributed by atoms with Crippen molar-refractivity contribution in [3.8, 4) is 5.75 Å². The van der Waals surface area contributed by atoms with Crippen LogP contribution in [0.5, 0.6) is 5.75 Å². The Labute approximate surface area is 114 Å². The van der Waals surface area contributed by atoms with E-state index in [1.807, 2.05) is 32.0 Å². The van der Waals surface area contributed by atoms with Crippen molar-refractivity contribution in [2.45, 2.75) is 20.5 Å². The molecule has 0 N–H and O–H groups in total. The van der Waals surface area contributed by atoms with Crippen molar-refractivity contribution in [2.75, 3.05) is 0 Å². The third-order valence-corrected chi connectivity index (χ3v) is 2.99. The average molecular weight is 271 g/mol. The number of fused-ring (bicyclic) bond motifs is 1. The van der Waals surface area contributed by atoms with Crippen LogP contribution in [0.3, 0.4) is 0 Å². The summed E-state index contributed by atoms with van der Waals surface area (Å²) < 4.78 is 15.7. The molecule has 5 heteroatoms. The molecule has 0 bridgehead atoms. The van der Waals surface area contributed by atoms with E-state index in [1.54, 1.807) is 6.07 Å². The highest BCUT2D eigenvalue weighted by Crippen LogP contribution is 2.22. The van der Waals surface area contributed by atoms with Crippen molar-refractivity contribution >= 4 is 11.0 Å². The predicted molar refractivity (Wildman–Crippen MR) is 72.8 cm³/mol. The van der Waals surface area contributed by atoms with Gasteiger partial charge in [0.1, 0.15) is 29.4 Å². The third-order valence-electron chi connectivity index (χ3n) is 2.99. The topological polar surface area (TPSA) is 65.5 Å². The van der Waals surface area contributed by atoms with Gasteiger partial charge in [-0.3, -0.25) is 0 Å². The zero-order chi connectivity index (χ0) is 14.1. The number of aromatic nitrogens is 1. The van der Waals surface area contributed by atoms with Gasteiger partial charge >= 0.3 is 5.63 Å². The lowest BCUT2D eigenvalue weighted by atomic mass is 10.1. The number of benzene rings is 1. The predicted octanol–water partition coefficient (Wildman–Crippen LogP) is 2.98. The number of ether oxygens (including phenoxy) is 1. The number of rotatable bonds is 3. The van der Waals surface area contributed by atoms with E-state index in [-0.39, 0.29) is 5.63 Å². The van der Waals surface area contributed by atoms with E-state index in [0.29, 0.717) is 23.6 Å². The molecule has 3 aromatic rings. The van der Waals surface area contributed by atoms with Crippen LogP contribution in [0.4, 0.5) is 0 Å². The first-order valence-electron chi connectivity index (χ1n) is 6.21. The lowest BCUT2D eigenvalue weighted by Gasteiger charge is -2.05. The van der Waals surface area contributed by atoms with Crippen molar-refractivity contribution in [3.63, 3.8) is 0 Å². The summed E-state index contributed by atoms with van der Waals surface area (Å²) in [5.41, 5.74) is 1.76. The van der Waals surface area contributed by atoms with Gasteiger partial charge in [0.05, 0.1) is 0 Å². The van der Waals surface area contributed by atoms with Crippen LogP contribution in [-0.2, 0) is 6.61 Å². The standard InChI is InChI=1S/C15H13NO4/c1-9-5-15(17)19-14-7-12(3-4-13(9)14)18-8-11-6-10(2)20-16-11/h3-7H,8H2,1-2H3. The Morgan fingerprint density at radius 1 is 1.20 bits per heavy atom. The lowest BCUT2D eigenvalue weighted by Crippen LogP contribution is -1.99. The number of nitrogens with zero attached hydrogens (tertiary/aromatic N) is 1. The Kier molecular flexibility index (Phi) is 3.02. The Balaban J connectivity index is 1.87. The fraction of sp³-hybridized carbons (Fsp3) is 0.200. The molecule has 102 valence electrons. The molecule has 0 amide bonds. The first-order chi connectivity index (χ1) is 9.61. The van der Waals surface area contributed by atoms with E-state index in [2.05, 4.69) is 5.16 Å². The van der Waals surface area contributed by atoms with Gasteiger partial charge in [-0.25, -0.2) is 4.79 Å². The molecule has 20 heavy (non-hydrogen) atoms. The molecule has 0 saturated carbocycles. The molecule has 0 aliphatic rings. The summed E-state index contributed by atoms with van der Waals surface area (Å²) in [7, 11) is 0. The van der Waals surface area contributed by atoms with E-state index in [0.717, 1.165) is 16.7 Å². The molecule has 0 fully saturated rings. The molecule has 2 aromatic heterocycles. The van der Waals surface area contributed by atoms with Crippen LogP contribution in [0.25, 0.3) is 11.0 Å². The zero-order valence-electron chi connectivity index (χ0n) is 11.2. The SMILES string of the molecule is Cc1cc(COc2ccc3c(C)cc(=O)oc3c2)no1. The maximum Gasteiger partial charge on any atom is 0.336 e. The van der Waals surface area contributed by atoms with Crippen molar-refractivity contribution in [3.05, 3.63) is 57.8 Å². The number of aryl methyl sites for hydroxylation is 2. The second-order valence-electron chi connectivity index (χ2n) is 4.62. The maximum atomic E-state index is 11.4. The molecule has 0 atom stereocenters. The molecular formula is C15H13NO4. The van der Waals surface area contributed by atoms with Gasteiger partial charge in [0, 0.05) is 23.6 Å². The van der Waals surface area contributed by atoms with E-state index in [9.17, 15) is 4.79 Å². The average Bonchev–Trinajstić information content (AvgIpc) is 2.81. The molecule has 0 saturated heterocycles. The van der Waals surface area contributed by atoms with E-state index >= 15 is 0 Å². The second kappa shape index (κ2) is 4.85. The minimum absolute atomic E-state index is 0.304. The first-order valence-corrected chi connectivity index (χ1v) is 6.21. The molecule has 0 unspecified atom stereocenters. The van der Waals surface area contributed by atoms with Crippen LogP contribution in [0.1, 0.15) is 17.0 Å². The fourth-order valence-corrected chi connectivity index (χ4v) is 2.04. The monoisotopic (exact) mass is 271 g/mol. The van der Waals surface area contributed by atoms with Crippen LogP contribution >= 0.6 is 0 Å². The largest absolute Gasteiger partial charge is 0.487 e. The van der Waals surface area contributed by atoms with Crippen LogP contribution in [0, 0.1) is 13.8 Å². The molecule has 1 aromatic carbocycles. The van der Waals surface area contributed by atoms with Gasteiger partial charge in [0.15, 0.2) is 0 Å². The summed E-state index contributed by atoms with van der Waals surface area (Å²) in [6, 6.07) is 8.70. The Bertz CT molecular complexity index is 816. The first kappa shape index (κ1) is 12.5. The molecule has 0 radical (unpaired) electrons. The van der Waals surface area contributed by atoms with Crippen LogP contribution in [0.15, 0.2) is 44.1 Å². The van der Waals surface area contributed by atoms with Crippen LogP contribution in [-0.4, -0.2) is 5.16 Å². The Morgan fingerprint density at radius 2 is 2.05 bits per heavy atom. The summed E-state index contributed by atoms with van der Waals surface area (Å²) in [5.74, 6) is 1.36. The van der Waals surface area contributed by atoms with E-state index in [1.165, 1.54) is 6.07 Å². The normalized spacial score (nSPS) is 10.9. The van der Waals surface area contributed by atoms with Crippen molar-refractivity contribution in [1.82, 2.24) is 5.16 Å². The lowest BCUT2D eigenvalue weighted by molar-refractivity contribution is 0.288. The van der Waals surface area contributed by atoms with E-state index < -0.39 is 0 Å². The van der Waals surface area contributed by atoms with Crippen LogP contribution < -0.4 is 10.4 Å². The minimum Gasteiger partial charge on any atom is -0.487 e. The summed E-state index contributed by atoms with van der Waals surface area (Å²) in [4.78, 5) is 11.4. The van der Waals surface area contributed by atoms with Crippen molar-refractivity contribution in [1.29, 1.82) is 0 Å². The van der Waals surface area contributed by atoms with Gasteiger partial charge in [0.25, 0.3) is 0 Å². The third kappa shape index (κ3) is 2.42. The van der Waals surface area contributed by atoms with Crippen LogP contribution in [0.2, 0.25) is 0 Å². The highest BCUT2D eigenvalue weighted by Gasteiger charge is 2.05. The van der Waals surface area contributed by atoms with E-state index in [4.69, 9.17) is 13.7 Å². The van der Waals surface area contributed by atoms with Gasteiger partial charge < -0.3 is 13.7 Å². The smallest absolute Gasteiger partial charge is 0.336 e. The van der Waals surface area contributed by atoms with Gasteiger partial charge in [0.2, 0.25) is 0 Å². The highest BCUT2D eigenvalue weighted by molar-refractivity contribution is 5.81. The molecule has 3 rings (SSSR count). The number of hydrogen-bond acceptors (Lipinski definition) is 5. The molecular weight excluding hydrogens is 258 g/mol. The Hall–Kier alpha value is -2.56. The van der Waals surface area contributed by atoms with Gasteiger partial charge in [-0.15, -0.1) is 0 Å². The minimum atomic E-state index is -0.362. The molecule has 2 heterocycles. The summed E-state index contributed by atoms with van der Waals surface area (Å²) in [6.07, 6.45) is 0. The molecule has 0 spiro atoms. The summed E-state index contributed by atoms with van der Waals surface area (Å²) >= 11 is 0. The zero-order valence-corrected chi connectivity index (χ0v) is 11.2. The quantitative estimate of drug-likeness (QED) is 0.685. The fourth-order valence-electron chi connectivity index (χ4n) is 2.04. The Morgan fingerprint density at radius 3 is 2.80 bits per heavy atom. The highest BCUT2D eigenvalue weighted by atomic mass is 16.5. The van der Waals surface area contributed by atoms with Crippen molar-refractivity contribution < 1.29 is 13.7 Å². The van der Waals surface area contributed by atoms with Gasteiger partial charge in [-0.05, 0) is 31.5 Å². The second-order valence-corrected chi connectivity index (χ2v) is 4.62. The van der Waals surface area contributed by atoms with Gasteiger partial charge in [-0.2, -0.15) is 0 Å². The summed E-state index contributed by atoms with van der Waals surface area (Å²) in [5, 5.41) is 4.75. The molecule has 5 nitrogen and oxygen atoms in total. The summed E-state index contributed by atoms with van der Waals surface area (Å²) in [6.45, 7) is 4.00. The molecule has 0 aliphatic heterocycles. The maximum absolute atomic E-state index is 11.4.